The fraction of sp³-hybridized carbons (Fsp3) is 0.476. The first-order chi connectivity index (χ1) is 14.7. The van der Waals surface area contributed by atoms with E-state index in [1.165, 1.54) is 6.92 Å². The van der Waals surface area contributed by atoms with Crippen molar-refractivity contribution in [2.75, 3.05) is 26.3 Å². The summed E-state index contributed by atoms with van der Waals surface area (Å²) in [7, 11) is 0. The van der Waals surface area contributed by atoms with Crippen LogP contribution in [0.4, 0.5) is 0 Å². The van der Waals surface area contributed by atoms with Crippen LogP contribution in [-0.4, -0.2) is 60.9 Å². The minimum atomic E-state index is -0.675. The molecule has 0 atom stereocenters. The zero-order valence-electron chi connectivity index (χ0n) is 17.8. The first-order valence-electron chi connectivity index (χ1n) is 9.79. The van der Waals surface area contributed by atoms with E-state index in [2.05, 4.69) is 5.32 Å². The fourth-order valence-electron chi connectivity index (χ4n) is 3.02. The number of likely N-dealkylation sites (tertiary alicyclic amines) is 1. The Morgan fingerprint density at radius 3 is 2.23 bits per heavy atom. The molecule has 0 unspecified atom stereocenters. The average molecular weight is 434 g/mol. The summed E-state index contributed by atoms with van der Waals surface area (Å²) in [5.41, 5.74) is 2.01. The Morgan fingerprint density at radius 2 is 1.65 bits per heavy atom. The van der Waals surface area contributed by atoms with E-state index in [1.54, 1.807) is 26.0 Å². The summed E-state index contributed by atoms with van der Waals surface area (Å²) in [6.45, 7) is 4.68. The molecule has 10 heteroatoms. The SMILES string of the molecule is CC(=O)NCCOCC(=O)Oc1c(C)cc(COC(=O)CN2C(=O)CCC2=O)cc1C. The van der Waals surface area contributed by atoms with Crippen LogP contribution in [0.3, 0.4) is 0 Å². The van der Waals surface area contributed by atoms with Gasteiger partial charge in [0.25, 0.3) is 0 Å². The van der Waals surface area contributed by atoms with Crippen LogP contribution in [0, 0.1) is 13.8 Å². The van der Waals surface area contributed by atoms with Crippen LogP contribution >= 0.6 is 0 Å². The Kier molecular flexibility index (Phi) is 8.68. The molecule has 0 aliphatic carbocycles. The van der Waals surface area contributed by atoms with E-state index in [1.807, 2.05) is 0 Å². The van der Waals surface area contributed by atoms with E-state index >= 15 is 0 Å². The molecule has 0 spiro atoms. The van der Waals surface area contributed by atoms with E-state index in [9.17, 15) is 24.0 Å². The predicted molar refractivity (Wildman–Crippen MR) is 107 cm³/mol. The summed E-state index contributed by atoms with van der Waals surface area (Å²) in [6.07, 6.45) is 0.232. The molecular formula is C21H26N2O8. The lowest BCUT2D eigenvalue weighted by atomic mass is 10.1. The smallest absolute Gasteiger partial charge is 0.337 e. The van der Waals surface area contributed by atoms with E-state index in [0.29, 0.717) is 29.0 Å². The monoisotopic (exact) mass is 434 g/mol. The molecule has 31 heavy (non-hydrogen) atoms. The van der Waals surface area contributed by atoms with Crippen molar-refractivity contribution in [3.8, 4) is 5.75 Å². The second kappa shape index (κ2) is 11.2. The molecule has 0 saturated carbocycles. The quantitative estimate of drug-likeness (QED) is 0.245. The maximum Gasteiger partial charge on any atom is 0.337 e. The third kappa shape index (κ3) is 7.49. The number of nitrogens with one attached hydrogen (secondary N) is 1. The van der Waals surface area contributed by atoms with Gasteiger partial charge in [0.15, 0.2) is 0 Å². The second-order valence-corrected chi connectivity index (χ2v) is 7.10. The Morgan fingerprint density at radius 1 is 1.03 bits per heavy atom. The number of nitrogens with zero attached hydrogens (tertiary/aromatic N) is 1. The van der Waals surface area contributed by atoms with Gasteiger partial charge in [-0.2, -0.15) is 0 Å². The van der Waals surface area contributed by atoms with Gasteiger partial charge in [-0.1, -0.05) is 0 Å². The van der Waals surface area contributed by atoms with Gasteiger partial charge in [-0.15, -0.1) is 0 Å². The van der Waals surface area contributed by atoms with Gasteiger partial charge in [0.2, 0.25) is 17.7 Å². The molecule has 168 valence electrons. The molecular weight excluding hydrogens is 408 g/mol. The highest BCUT2D eigenvalue weighted by atomic mass is 16.6. The van der Waals surface area contributed by atoms with Gasteiger partial charge in [-0.25, -0.2) is 4.79 Å². The molecule has 2 rings (SSSR count). The van der Waals surface area contributed by atoms with E-state index in [-0.39, 0.29) is 50.4 Å². The van der Waals surface area contributed by atoms with Crippen molar-refractivity contribution in [2.24, 2.45) is 0 Å². The number of imide groups is 1. The second-order valence-electron chi connectivity index (χ2n) is 7.10. The summed E-state index contributed by atoms with van der Waals surface area (Å²) in [5, 5.41) is 2.55. The Labute approximate surface area is 179 Å². The lowest BCUT2D eigenvalue weighted by Crippen LogP contribution is -2.35. The van der Waals surface area contributed by atoms with Crippen LogP contribution in [-0.2, 0) is 40.1 Å². The van der Waals surface area contributed by atoms with E-state index < -0.39 is 18.5 Å². The molecule has 1 heterocycles. The van der Waals surface area contributed by atoms with Gasteiger partial charge in [-0.3, -0.25) is 24.1 Å². The average Bonchev–Trinajstić information content (AvgIpc) is 3.00. The molecule has 1 fully saturated rings. The predicted octanol–water partition coefficient (Wildman–Crippen LogP) is 0.554. The standard InChI is InChI=1S/C21H26N2O8/c1-13-8-16(11-30-19(27)10-23-17(25)4-5-18(23)26)9-14(2)21(13)31-20(28)12-29-7-6-22-15(3)24/h8-9H,4-7,10-12H2,1-3H3,(H,22,24). The van der Waals surface area contributed by atoms with Crippen LogP contribution in [0.25, 0.3) is 0 Å². The molecule has 1 saturated heterocycles. The molecule has 3 amide bonds. The molecule has 0 bridgehead atoms. The number of benzene rings is 1. The van der Waals surface area contributed by atoms with Gasteiger partial charge in [0.05, 0.1) is 6.61 Å². The van der Waals surface area contributed by atoms with Gasteiger partial charge in [0, 0.05) is 26.3 Å². The molecule has 1 aromatic carbocycles. The minimum absolute atomic E-state index is 0.0444. The Hall–Kier alpha value is -3.27. The lowest BCUT2D eigenvalue weighted by Gasteiger charge is -2.15. The number of hydrogen-bond acceptors (Lipinski definition) is 8. The topological polar surface area (TPSA) is 128 Å². The first kappa shape index (κ1) is 24.0. The molecule has 1 aliphatic rings. The number of hydrogen-bond donors (Lipinski definition) is 1. The number of carbonyl (C=O) groups is 5. The maximum absolute atomic E-state index is 12.0. The number of esters is 2. The summed E-state index contributed by atoms with van der Waals surface area (Å²) in [6, 6.07) is 3.43. The highest BCUT2D eigenvalue weighted by molar-refractivity contribution is 6.04. The summed E-state index contributed by atoms with van der Waals surface area (Å²) >= 11 is 0. The van der Waals surface area contributed by atoms with Crippen molar-refractivity contribution in [1.29, 1.82) is 0 Å². The molecule has 0 aromatic heterocycles. The molecule has 1 N–H and O–H groups in total. The Bertz CT molecular complexity index is 841. The van der Waals surface area contributed by atoms with Gasteiger partial charge in [0.1, 0.15) is 25.5 Å². The number of rotatable bonds is 10. The first-order valence-corrected chi connectivity index (χ1v) is 9.79. The number of carbonyl (C=O) groups excluding carboxylic acids is 5. The van der Waals surface area contributed by atoms with Crippen molar-refractivity contribution in [2.45, 2.75) is 40.2 Å². The Balaban J connectivity index is 1.83. The van der Waals surface area contributed by atoms with Crippen molar-refractivity contribution in [3.05, 3.63) is 28.8 Å². The number of aryl methyl sites for hydroxylation is 2. The number of amides is 3. The van der Waals surface area contributed by atoms with E-state index in [4.69, 9.17) is 14.2 Å². The highest BCUT2D eigenvalue weighted by Gasteiger charge is 2.30. The lowest BCUT2D eigenvalue weighted by molar-refractivity contribution is -0.153. The third-order valence-electron chi connectivity index (χ3n) is 4.42. The zero-order valence-corrected chi connectivity index (χ0v) is 17.8. The minimum Gasteiger partial charge on any atom is -0.459 e. The maximum atomic E-state index is 12.0. The van der Waals surface area contributed by atoms with Crippen LogP contribution in [0.15, 0.2) is 12.1 Å². The van der Waals surface area contributed by atoms with Gasteiger partial charge >= 0.3 is 11.9 Å². The summed E-state index contributed by atoms with van der Waals surface area (Å²) in [4.78, 5) is 58.7. The molecule has 1 aliphatic heterocycles. The molecule has 10 nitrogen and oxygen atoms in total. The largest absolute Gasteiger partial charge is 0.459 e. The zero-order chi connectivity index (χ0) is 23.0. The summed E-state index contributed by atoms with van der Waals surface area (Å²) < 4.78 is 15.7. The fourth-order valence-corrected chi connectivity index (χ4v) is 3.02. The normalized spacial score (nSPS) is 13.3. The third-order valence-corrected chi connectivity index (χ3v) is 4.42. The van der Waals surface area contributed by atoms with Gasteiger partial charge in [-0.05, 0) is 42.7 Å². The van der Waals surface area contributed by atoms with Crippen molar-refractivity contribution >= 4 is 29.7 Å². The van der Waals surface area contributed by atoms with Crippen LogP contribution in [0.2, 0.25) is 0 Å². The number of ether oxygens (including phenoxy) is 3. The van der Waals surface area contributed by atoms with Crippen LogP contribution < -0.4 is 10.1 Å². The van der Waals surface area contributed by atoms with E-state index in [0.717, 1.165) is 4.90 Å². The van der Waals surface area contributed by atoms with Crippen molar-refractivity contribution in [1.82, 2.24) is 10.2 Å². The van der Waals surface area contributed by atoms with Crippen LogP contribution in [0.1, 0.15) is 36.5 Å². The molecule has 1 aromatic rings. The van der Waals surface area contributed by atoms with Crippen LogP contribution in [0.5, 0.6) is 5.75 Å². The molecule has 0 radical (unpaired) electrons. The van der Waals surface area contributed by atoms with Crippen molar-refractivity contribution in [3.63, 3.8) is 0 Å². The highest BCUT2D eigenvalue weighted by Crippen LogP contribution is 2.25. The van der Waals surface area contributed by atoms with Gasteiger partial charge < -0.3 is 19.5 Å². The summed E-state index contributed by atoms with van der Waals surface area (Å²) in [5.74, 6) is -1.79. The van der Waals surface area contributed by atoms with Crippen molar-refractivity contribution < 1.29 is 38.2 Å².